The number of Topliss-reactive ketones (excluding diaryl/α,β-unsaturated/α-hetero) is 1. The van der Waals surface area contributed by atoms with Crippen LogP contribution in [0.2, 0.25) is 0 Å². The predicted molar refractivity (Wildman–Crippen MR) is 110 cm³/mol. The molecule has 0 aliphatic carbocycles. The number of benzene rings is 3. The van der Waals surface area contributed by atoms with Crippen molar-refractivity contribution in [1.82, 2.24) is 0 Å². The predicted octanol–water partition coefficient (Wildman–Crippen LogP) is 4.44. The number of methoxy groups -OCH3 is 1. The van der Waals surface area contributed by atoms with Crippen LogP contribution < -0.4 is 14.2 Å². The second-order valence-electron chi connectivity index (χ2n) is 6.57. The van der Waals surface area contributed by atoms with E-state index in [1.165, 1.54) is 42.5 Å². The van der Waals surface area contributed by atoms with Gasteiger partial charge in [-0.2, -0.15) is 0 Å². The molecule has 154 valence electrons. The lowest BCUT2D eigenvalue weighted by Crippen LogP contribution is -2.08. The third kappa shape index (κ3) is 4.13. The standard InChI is InChI=1S/C23H15NO7/c1-29-17-4-2-3-14(11-17)12-21-22(25)19-10-9-18(13-20(19)31-21)30-23(26)15-5-7-16(8-6-15)24(27)28/h2-13H,1H3/b21-12-. The van der Waals surface area contributed by atoms with Gasteiger partial charge in [-0.05, 0) is 48.0 Å². The molecule has 0 spiro atoms. The highest BCUT2D eigenvalue weighted by Crippen LogP contribution is 2.35. The summed E-state index contributed by atoms with van der Waals surface area (Å²) in [5.74, 6) is 0.267. The van der Waals surface area contributed by atoms with Crippen molar-refractivity contribution in [2.24, 2.45) is 0 Å². The third-order valence-electron chi connectivity index (χ3n) is 4.56. The van der Waals surface area contributed by atoms with Gasteiger partial charge in [-0.15, -0.1) is 0 Å². The molecular formula is C23H15NO7. The van der Waals surface area contributed by atoms with Crippen LogP contribution >= 0.6 is 0 Å². The molecule has 8 nitrogen and oxygen atoms in total. The molecule has 0 saturated heterocycles. The Morgan fingerprint density at radius 2 is 1.81 bits per heavy atom. The SMILES string of the molecule is COc1cccc(/C=C2\Oc3cc(OC(=O)c4ccc([N+](=O)[O-])cc4)ccc3C2=O)c1. The summed E-state index contributed by atoms with van der Waals surface area (Å²) < 4.78 is 16.2. The summed E-state index contributed by atoms with van der Waals surface area (Å²) in [6.45, 7) is 0. The van der Waals surface area contributed by atoms with Crippen LogP contribution in [0.15, 0.2) is 72.5 Å². The highest BCUT2D eigenvalue weighted by molar-refractivity contribution is 6.14. The number of carbonyl (C=O) groups is 2. The van der Waals surface area contributed by atoms with Crippen LogP contribution in [0.25, 0.3) is 6.08 Å². The average Bonchev–Trinajstić information content (AvgIpc) is 3.08. The van der Waals surface area contributed by atoms with Crippen molar-refractivity contribution in [3.05, 3.63) is 99.3 Å². The monoisotopic (exact) mass is 417 g/mol. The topological polar surface area (TPSA) is 105 Å². The zero-order valence-corrected chi connectivity index (χ0v) is 16.2. The summed E-state index contributed by atoms with van der Waals surface area (Å²) in [7, 11) is 1.55. The van der Waals surface area contributed by atoms with Gasteiger partial charge in [0.2, 0.25) is 5.78 Å². The molecule has 1 aliphatic rings. The van der Waals surface area contributed by atoms with Crippen LogP contribution in [0.3, 0.4) is 0 Å². The Hall–Kier alpha value is -4.46. The van der Waals surface area contributed by atoms with Crippen molar-refractivity contribution in [3.8, 4) is 17.2 Å². The normalized spacial score (nSPS) is 13.5. The molecule has 1 heterocycles. The van der Waals surface area contributed by atoms with Gasteiger partial charge in [0.1, 0.15) is 17.2 Å². The van der Waals surface area contributed by atoms with Gasteiger partial charge in [0.05, 0.1) is 23.2 Å². The molecule has 3 aromatic carbocycles. The third-order valence-corrected chi connectivity index (χ3v) is 4.56. The van der Waals surface area contributed by atoms with Gasteiger partial charge in [0.25, 0.3) is 5.69 Å². The van der Waals surface area contributed by atoms with Gasteiger partial charge in [-0.1, -0.05) is 12.1 Å². The number of fused-ring (bicyclic) bond motifs is 1. The van der Waals surface area contributed by atoms with Crippen molar-refractivity contribution in [2.75, 3.05) is 7.11 Å². The van der Waals surface area contributed by atoms with E-state index in [0.29, 0.717) is 11.3 Å². The molecule has 8 heteroatoms. The van der Waals surface area contributed by atoms with Gasteiger partial charge in [0.15, 0.2) is 5.76 Å². The van der Waals surface area contributed by atoms with E-state index in [0.717, 1.165) is 5.56 Å². The Balaban J connectivity index is 1.52. The number of nitro benzene ring substituents is 1. The lowest BCUT2D eigenvalue weighted by atomic mass is 10.1. The van der Waals surface area contributed by atoms with E-state index >= 15 is 0 Å². The number of rotatable bonds is 5. The maximum Gasteiger partial charge on any atom is 0.343 e. The molecule has 0 N–H and O–H groups in total. The van der Waals surface area contributed by atoms with Gasteiger partial charge in [-0.3, -0.25) is 14.9 Å². The molecule has 0 fully saturated rings. The van der Waals surface area contributed by atoms with Crippen molar-refractivity contribution in [2.45, 2.75) is 0 Å². The Morgan fingerprint density at radius 3 is 2.52 bits per heavy atom. The summed E-state index contributed by atoms with van der Waals surface area (Å²) in [6.07, 6.45) is 1.60. The number of carbonyl (C=O) groups excluding carboxylic acids is 2. The quantitative estimate of drug-likeness (QED) is 0.199. The van der Waals surface area contributed by atoms with Crippen molar-refractivity contribution >= 4 is 23.5 Å². The molecule has 0 bridgehead atoms. The number of nitro groups is 1. The van der Waals surface area contributed by atoms with E-state index in [2.05, 4.69) is 0 Å². The van der Waals surface area contributed by atoms with E-state index in [1.54, 1.807) is 31.4 Å². The first kappa shape index (κ1) is 19.8. The molecular weight excluding hydrogens is 402 g/mol. The average molecular weight is 417 g/mol. The minimum atomic E-state index is -0.689. The number of allylic oxidation sites excluding steroid dienone is 1. The Morgan fingerprint density at radius 1 is 1.03 bits per heavy atom. The minimum Gasteiger partial charge on any atom is -0.497 e. The molecule has 4 rings (SSSR count). The number of ketones is 1. The molecule has 31 heavy (non-hydrogen) atoms. The molecule has 0 radical (unpaired) electrons. The first-order valence-corrected chi connectivity index (χ1v) is 9.13. The zero-order valence-electron chi connectivity index (χ0n) is 16.2. The second kappa shape index (κ2) is 8.11. The summed E-state index contributed by atoms with van der Waals surface area (Å²) in [6, 6.07) is 16.7. The first-order chi connectivity index (χ1) is 14.9. The maximum absolute atomic E-state index is 12.6. The van der Waals surface area contributed by atoms with Crippen LogP contribution in [0, 0.1) is 10.1 Å². The van der Waals surface area contributed by atoms with E-state index in [-0.39, 0.29) is 34.3 Å². The fourth-order valence-corrected chi connectivity index (χ4v) is 3.00. The second-order valence-corrected chi connectivity index (χ2v) is 6.57. The number of non-ortho nitro benzene ring substituents is 1. The van der Waals surface area contributed by atoms with Crippen LogP contribution in [0.4, 0.5) is 5.69 Å². The fourth-order valence-electron chi connectivity index (χ4n) is 3.00. The van der Waals surface area contributed by atoms with Crippen LogP contribution in [0.5, 0.6) is 17.2 Å². The molecule has 0 unspecified atom stereocenters. The van der Waals surface area contributed by atoms with Gasteiger partial charge < -0.3 is 14.2 Å². The van der Waals surface area contributed by atoms with Crippen LogP contribution in [-0.2, 0) is 0 Å². The number of hydrogen-bond donors (Lipinski definition) is 0. The smallest absolute Gasteiger partial charge is 0.343 e. The first-order valence-electron chi connectivity index (χ1n) is 9.13. The molecule has 0 amide bonds. The van der Waals surface area contributed by atoms with E-state index in [9.17, 15) is 19.7 Å². The molecule has 0 aromatic heterocycles. The summed E-state index contributed by atoms with van der Waals surface area (Å²) in [5, 5.41) is 10.7. The molecule has 0 saturated carbocycles. The number of hydrogen-bond acceptors (Lipinski definition) is 7. The lowest BCUT2D eigenvalue weighted by molar-refractivity contribution is -0.384. The number of esters is 1. The maximum atomic E-state index is 12.6. The Kier molecular flexibility index (Phi) is 5.19. The Bertz CT molecular complexity index is 1230. The summed E-state index contributed by atoms with van der Waals surface area (Å²) in [5.41, 5.74) is 1.11. The molecule has 0 atom stereocenters. The highest BCUT2D eigenvalue weighted by atomic mass is 16.6. The van der Waals surface area contributed by atoms with Gasteiger partial charge >= 0.3 is 5.97 Å². The molecule has 3 aromatic rings. The lowest BCUT2D eigenvalue weighted by Gasteiger charge is -2.05. The van der Waals surface area contributed by atoms with E-state index in [1.807, 2.05) is 6.07 Å². The van der Waals surface area contributed by atoms with Crippen LogP contribution in [0.1, 0.15) is 26.3 Å². The summed E-state index contributed by atoms with van der Waals surface area (Å²) >= 11 is 0. The van der Waals surface area contributed by atoms with Gasteiger partial charge in [-0.25, -0.2) is 4.79 Å². The van der Waals surface area contributed by atoms with E-state index < -0.39 is 10.9 Å². The van der Waals surface area contributed by atoms with Crippen LogP contribution in [-0.4, -0.2) is 23.8 Å². The Labute approximate surface area is 176 Å². The van der Waals surface area contributed by atoms with Gasteiger partial charge in [0, 0.05) is 18.2 Å². The largest absolute Gasteiger partial charge is 0.497 e. The zero-order chi connectivity index (χ0) is 22.0. The fraction of sp³-hybridized carbons (Fsp3) is 0.0435. The minimum absolute atomic E-state index is 0.128. The van der Waals surface area contributed by atoms with Crippen molar-refractivity contribution in [1.29, 1.82) is 0 Å². The van der Waals surface area contributed by atoms with Crippen molar-refractivity contribution in [3.63, 3.8) is 0 Å². The van der Waals surface area contributed by atoms with Crippen molar-refractivity contribution < 1.29 is 28.7 Å². The molecule has 1 aliphatic heterocycles. The number of nitrogens with zero attached hydrogens (tertiary/aromatic N) is 1. The van der Waals surface area contributed by atoms with E-state index in [4.69, 9.17) is 14.2 Å². The highest BCUT2D eigenvalue weighted by Gasteiger charge is 2.28. The summed E-state index contributed by atoms with van der Waals surface area (Å²) in [4.78, 5) is 35.1. The number of ether oxygens (including phenoxy) is 3.